The van der Waals surface area contributed by atoms with Gasteiger partial charge < -0.3 is 9.47 Å². The quantitative estimate of drug-likeness (QED) is 0.548. The second-order valence-corrected chi connectivity index (χ2v) is 5.45. The van der Waals surface area contributed by atoms with Crippen molar-refractivity contribution >= 4 is 5.97 Å². The molecule has 16 heavy (non-hydrogen) atoms. The van der Waals surface area contributed by atoms with Gasteiger partial charge in [0.2, 0.25) is 6.29 Å². The highest BCUT2D eigenvalue weighted by atomic mass is 16.7. The van der Waals surface area contributed by atoms with Gasteiger partial charge in [-0.1, -0.05) is 26.8 Å². The summed E-state index contributed by atoms with van der Waals surface area (Å²) in [5.41, 5.74) is -0.173. The lowest BCUT2D eigenvalue weighted by atomic mass is 9.92. The van der Waals surface area contributed by atoms with Crippen molar-refractivity contribution in [3.05, 3.63) is 12.7 Å². The third kappa shape index (κ3) is 3.08. The van der Waals surface area contributed by atoms with Crippen LogP contribution in [0.1, 0.15) is 40.5 Å². The maximum Gasteiger partial charge on any atom is 0.313 e. The second-order valence-electron chi connectivity index (χ2n) is 5.45. The van der Waals surface area contributed by atoms with Gasteiger partial charge in [0.25, 0.3) is 0 Å². The fraction of sp³-hybridized carbons (Fsp3) is 0.769. The number of carbonyl (C=O) groups excluding carboxylic acids is 1. The van der Waals surface area contributed by atoms with Crippen LogP contribution in [0.15, 0.2) is 12.7 Å². The van der Waals surface area contributed by atoms with Gasteiger partial charge in [0.15, 0.2) is 0 Å². The molecule has 0 aromatic rings. The van der Waals surface area contributed by atoms with Crippen molar-refractivity contribution in [3.63, 3.8) is 0 Å². The van der Waals surface area contributed by atoms with Crippen LogP contribution in [-0.2, 0) is 14.3 Å². The molecule has 1 aliphatic heterocycles. The van der Waals surface area contributed by atoms with E-state index in [1.807, 2.05) is 33.8 Å². The molecule has 0 N–H and O–H groups in total. The summed E-state index contributed by atoms with van der Waals surface area (Å²) < 4.78 is 11.1. The van der Waals surface area contributed by atoms with Gasteiger partial charge in [-0.3, -0.25) is 4.79 Å². The van der Waals surface area contributed by atoms with Crippen LogP contribution < -0.4 is 0 Å². The zero-order chi connectivity index (χ0) is 12.3. The van der Waals surface area contributed by atoms with Crippen LogP contribution in [0.2, 0.25) is 0 Å². The lowest BCUT2D eigenvalue weighted by Crippen LogP contribution is -2.47. The van der Waals surface area contributed by atoms with E-state index in [2.05, 4.69) is 6.58 Å². The molecule has 1 saturated heterocycles. The lowest BCUT2D eigenvalue weighted by molar-refractivity contribution is -0.254. The van der Waals surface area contributed by atoms with Crippen molar-refractivity contribution in [2.24, 2.45) is 11.3 Å². The molecule has 0 spiro atoms. The summed E-state index contributed by atoms with van der Waals surface area (Å²) in [5.74, 6) is -0.294. The highest BCUT2D eigenvalue weighted by Crippen LogP contribution is 2.32. The normalized spacial score (nSPS) is 31.0. The molecule has 3 atom stereocenters. The van der Waals surface area contributed by atoms with Crippen molar-refractivity contribution < 1.29 is 14.3 Å². The number of rotatable bonds is 3. The first-order valence-corrected chi connectivity index (χ1v) is 5.83. The largest absolute Gasteiger partial charge is 0.435 e. The zero-order valence-electron chi connectivity index (χ0n) is 10.7. The van der Waals surface area contributed by atoms with Crippen LogP contribution in [0.4, 0.5) is 0 Å². The predicted molar refractivity (Wildman–Crippen MR) is 62.8 cm³/mol. The van der Waals surface area contributed by atoms with Gasteiger partial charge in [0.05, 0.1) is 12.0 Å². The van der Waals surface area contributed by atoms with Crippen molar-refractivity contribution in [2.45, 2.75) is 52.9 Å². The molecule has 0 amide bonds. The smallest absolute Gasteiger partial charge is 0.313 e. The van der Waals surface area contributed by atoms with E-state index in [9.17, 15) is 4.79 Å². The first-order chi connectivity index (χ1) is 7.36. The Morgan fingerprint density at radius 1 is 1.44 bits per heavy atom. The van der Waals surface area contributed by atoms with Gasteiger partial charge in [0.1, 0.15) is 0 Å². The second kappa shape index (κ2) is 5.00. The van der Waals surface area contributed by atoms with E-state index >= 15 is 0 Å². The van der Waals surface area contributed by atoms with Crippen LogP contribution in [0.25, 0.3) is 0 Å². The van der Waals surface area contributed by atoms with Gasteiger partial charge >= 0.3 is 5.97 Å². The Kier molecular flexibility index (Phi) is 4.14. The summed E-state index contributed by atoms with van der Waals surface area (Å²) >= 11 is 0. The predicted octanol–water partition coefficient (Wildman–Crippen LogP) is 2.90. The summed E-state index contributed by atoms with van der Waals surface area (Å²) in [6.07, 6.45) is 2.87. The standard InChI is InChI=1S/C13H22O3/c1-6-7-8-10-9(2)15-12(13(3,4)5)16-11(10)14/h6,9-10,12H,1,7-8H2,2-5H3/t9-,10-,12-/m1/s1. The zero-order valence-corrected chi connectivity index (χ0v) is 10.7. The number of ether oxygens (including phenoxy) is 2. The molecule has 92 valence electrons. The van der Waals surface area contributed by atoms with Crippen LogP contribution >= 0.6 is 0 Å². The molecule has 0 bridgehead atoms. The summed E-state index contributed by atoms with van der Waals surface area (Å²) in [6.45, 7) is 11.6. The van der Waals surface area contributed by atoms with Gasteiger partial charge in [-0.2, -0.15) is 0 Å². The highest BCUT2D eigenvalue weighted by molar-refractivity contribution is 5.73. The van der Waals surface area contributed by atoms with Gasteiger partial charge in [-0.05, 0) is 19.8 Å². The number of allylic oxidation sites excluding steroid dienone is 1. The Morgan fingerprint density at radius 2 is 2.06 bits per heavy atom. The molecule has 0 unspecified atom stereocenters. The Morgan fingerprint density at radius 3 is 2.50 bits per heavy atom. The average Bonchev–Trinajstić information content (AvgIpc) is 2.15. The van der Waals surface area contributed by atoms with E-state index in [1.165, 1.54) is 0 Å². The van der Waals surface area contributed by atoms with Crippen LogP contribution in [0.3, 0.4) is 0 Å². The lowest BCUT2D eigenvalue weighted by Gasteiger charge is -2.39. The first-order valence-electron chi connectivity index (χ1n) is 5.83. The maximum absolute atomic E-state index is 11.8. The molecule has 3 heteroatoms. The summed E-state index contributed by atoms with van der Waals surface area (Å²) in [4.78, 5) is 11.8. The minimum Gasteiger partial charge on any atom is -0.435 e. The van der Waals surface area contributed by atoms with Crippen molar-refractivity contribution in [3.8, 4) is 0 Å². The first kappa shape index (κ1) is 13.2. The fourth-order valence-electron chi connectivity index (χ4n) is 1.73. The highest BCUT2D eigenvalue weighted by Gasteiger charge is 2.41. The van der Waals surface area contributed by atoms with Gasteiger partial charge in [-0.25, -0.2) is 0 Å². The van der Waals surface area contributed by atoms with E-state index < -0.39 is 6.29 Å². The minimum atomic E-state index is -0.435. The summed E-state index contributed by atoms with van der Waals surface area (Å²) in [7, 11) is 0. The van der Waals surface area contributed by atoms with Crippen molar-refractivity contribution in [1.82, 2.24) is 0 Å². The molecule has 1 rings (SSSR count). The molecule has 0 aromatic carbocycles. The van der Waals surface area contributed by atoms with E-state index in [0.717, 1.165) is 12.8 Å². The molecular formula is C13H22O3. The Bertz CT molecular complexity index is 265. The number of hydrogen-bond acceptors (Lipinski definition) is 3. The monoisotopic (exact) mass is 226 g/mol. The van der Waals surface area contributed by atoms with Crippen molar-refractivity contribution in [1.29, 1.82) is 0 Å². The van der Waals surface area contributed by atoms with E-state index in [-0.39, 0.29) is 23.4 Å². The molecule has 1 fully saturated rings. The Hall–Kier alpha value is -0.830. The van der Waals surface area contributed by atoms with Crippen molar-refractivity contribution in [2.75, 3.05) is 0 Å². The number of cyclic esters (lactones) is 1. The average molecular weight is 226 g/mol. The minimum absolute atomic E-state index is 0.0783. The van der Waals surface area contributed by atoms with Gasteiger partial charge in [0, 0.05) is 5.41 Å². The van der Waals surface area contributed by atoms with Gasteiger partial charge in [-0.15, -0.1) is 6.58 Å². The molecule has 1 heterocycles. The van der Waals surface area contributed by atoms with Crippen LogP contribution in [0.5, 0.6) is 0 Å². The number of hydrogen-bond donors (Lipinski definition) is 0. The molecule has 0 aliphatic carbocycles. The van der Waals surface area contributed by atoms with E-state index in [4.69, 9.17) is 9.47 Å². The molecule has 0 aromatic heterocycles. The van der Waals surface area contributed by atoms with E-state index in [1.54, 1.807) is 0 Å². The molecule has 1 aliphatic rings. The molecule has 3 nitrogen and oxygen atoms in total. The maximum atomic E-state index is 11.8. The third-order valence-electron chi connectivity index (χ3n) is 2.82. The fourth-order valence-corrected chi connectivity index (χ4v) is 1.73. The Balaban J connectivity index is 2.64. The number of esters is 1. The SMILES string of the molecule is C=CCC[C@H]1C(=O)O[C@H](C(C)(C)C)O[C@@H]1C. The van der Waals surface area contributed by atoms with E-state index in [0.29, 0.717) is 0 Å². The molecule has 0 saturated carbocycles. The summed E-state index contributed by atoms with van der Waals surface area (Å²) in [5, 5.41) is 0. The topological polar surface area (TPSA) is 35.5 Å². The number of carbonyl (C=O) groups is 1. The van der Waals surface area contributed by atoms with Crippen LogP contribution in [-0.4, -0.2) is 18.4 Å². The third-order valence-corrected chi connectivity index (χ3v) is 2.82. The van der Waals surface area contributed by atoms with Crippen LogP contribution in [0, 0.1) is 11.3 Å². The molecular weight excluding hydrogens is 204 g/mol. The summed E-state index contributed by atoms with van der Waals surface area (Å²) in [6, 6.07) is 0. The Labute approximate surface area is 97.8 Å². The molecule has 0 radical (unpaired) electrons.